The molecule has 2 aromatic rings. The molecule has 0 saturated carbocycles. The standard InChI is InChI=1S/C14H14F3N3O/c1-20-9-11(8-19-20)13(21)18-7-6-10-2-4-12(5-3-10)14(15,16)17/h2-5,8-9H,6-7H2,1H3,(H,18,21). The van der Waals surface area contributed by atoms with Crippen LogP contribution in [-0.2, 0) is 19.6 Å². The lowest BCUT2D eigenvalue weighted by Crippen LogP contribution is -2.25. The summed E-state index contributed by atoms with van der Waals surface area (Å²) in [7, 11) is 1.71. The first-order valence-corrected chi connectivity index (χ1v) is 6.29. The van der Waals surface area contributed by atoms with Gasteiger partial charge in [-0.2, -0.15) is 18.3 Å². The number of aryl methyl sites for hydroxylation is 1. The van der Waals surface area contributed by atoms with Crippen LogP contribution in [0.25, 0.3) is 0 Å². The van der Waals surface area contributed by atoms with Crippen LogP contribution in [-0.4, -0.2) is 22.2 Å². The molecule has 21 heavy (non-hydrogen) atoms. The second-order valence-corrected chi connectivity index (χ2v) is 4.60. The van der Waals surface area contributed by atoms with E-state index in [9.17, 15) is 18.0 Å². The molecule has 1 amide bonds. The van der Waals surface area contributed by atoms with E-state index in [0.29, 0.717) is 18.5 Å². The number of hydrogen-bond acceptors (Lipinski definition) is 2. The zero-order chi connectivity index (χ0) is 15.5. The predicted molar refractivity (Wildman–Crippen MR) is 70.7 cm³/mol. The van der Waals surface area contributed by atoms with Gasteiger partial charge in [0, 0.05) is 19.8 Å². The average Bonchev–Trinajstić information content (AvgIpc) is 2.85. The molecule has 0 spiro atoms. The average molecular weight is 297 g/mol. The van der Waals surface area contributed by atoms with Gasteiger partial charge in [-0.3, -0.25) is 9.48 Å². The summed E-state index contributed by atoms with van der Waals surface area (Å²) in [6.07, 6.45) is -0.821. The van der Waals surface area contributed by atoms with Gasteiger partial charge in [-0.1, -0.05) is 12.1 Å². The van der Waals surface area contributed by atoms with Gasteiger partial charge in [0.25, 0.3) is 5.91 Å². The van der Waals surface area contributed by atoms with Gasteiger partial charge in [-0.15, -0.1) is 0 Å². The Kier molecular flexibility index (Phi) is 4.30. The van der Waals surface area contributed by atoms with E-state index in [2.05, 4.69) is 10.4 Å². The molecule has 0 saturated heterocycles. The quantitative estimate of drug-likeness (QED) is 0.942. The van der Waals surface area contributed by atoms with E-state index < -0.39 is 11.7 Å². The van der Waals surface area contributed by atoms with Crippen molar-refractivity contribution >= 4 is 5.91 Å². The second-order valence-electron chi connectivity index (χ2n) is 4.60. The van der Waals surface area contributed by atoms with E-state index in [1.54, 1.807) is 13.2 Å². The molecular formula is C14H14F3N3O. The largest absolute Gasteiger partial charge is 0.416 e. The van der Waals surface area contributed by atoms with E-state index in [1.807, 2.05) is 0 Å². The van der Waals surface area contributed by atoms with Gasteiger partial charge in [-0.25, -0.2) is 0 Å². The fraction of sp³-hybridized carbons (Fsp3) is 0.286. The molecular weight excluding hydrogens is 283 g/mol. The maximum absolute atomic E-state index is 12.4. The summed E-state index contributed by atoms with van der Waals surface area (Å²) in [6, 6.07) is 4.91. The fourth-order valence-corrected chi connectivity index (χ4v) is 1.82. The van der Waals surface area contributed by atoms with Gasteiger partial charge in [0.2, 0.25) is 0 Å². The predicted octanol–water partition coefficient (Wildman–Crippen LogP) is 2.41. The Bertz CT molecular complexity index is 617. The maximum Gasteiger partial charge on any atom is 0.416 e. The van der Waals surface area contributed by atoms with Crippen molar-refractivity contribution in [3.05, 3.63) is 53.3 Å². The van der Waals surface area contributed by atoms with Crippen molar-refractivity contribution in [2.45, 2.75) is 12.6 Å². The van der Waals surface area contributed by atoms with E-state index in [-0.39, 0.29) is 5.91 Å². The Balaban J connectivity index is 1.85. The molecule has 0 fully saturated rings. The number of carbonyl (C=O) groups is 1. The van der Waals surface area contributed by atoms with Gasteiger partial charge in [0.1, 0.15) is 0 Å². The zero-order valence-corrected chi connectivity index (χ0v) is 11.3. The molecule has 1 N–H and O–H groups in total. The number of carbonyl (C=O) groups excluding carboxylic acids is 1. The zero-order valence-electron chi connectivity index (χ0n) is 11.3. The van der Waals surface area contributed by atoms with Crippen LogP contribution in [0.2, 0.25) is 0 Å². The molecule has 1 aromatic carbocycles. The number of amides is 1. The Morgan fingerprint density at radius 2 is 1.95 bits per heavy atom. The van der Waals surface area contributed by atoms with Crippen molar-refractivity contribution in [3.8, 4) is 0 Å². The van der Waals surface area contributed by atoms with Crippen LogP contribution in [0, 0.1) is 0 Å². The van der Waals surface area contributed by atoms with Crippen molar-refractivity contribution in [2.75, 3.05) is 6.54 Å². The van der Waals surface area contributed by atoms with Crippen molar-refractivity contribution in [2.24, 2.45) is 7.05 Å². The summed E-state index contributed by atoms with van der Waals surface area (Å²) in [6.45, 7) is 0.346. The number of halogens is 3. The summed E-state index contributed by atoms with van der Waals surface area (Å²) in [4.78, 5) is 11.7. The van der Waals surface area contributed by atoms with Crippen LogP contribution in [0.5, 0.6) is 0 Å². The maximum atomic E-state index is 12.4. The molecule has 0 unspecified atom stereocenters. The van der Waals surface area contributed by atoms with Crippen LogP contribution in [0.1, 0.15) is 21.5 Å². The van der Waals surface area contributed by atoms with Gasteiger partial charge in [0.15, 0.2) is 0 Å². The minimum Gasteiger partial charge on any atom is -0.352 e. The number of nitrogens with one attached hydrogen (secondary N) is 1. The van der Waals surface area contributed by atoms with Crippen molar-refractivity contribution in [1.82, 2.24) is 15.1 Å². The topological polar surface area (TPSA) is 46.9 Å². The minimum atomic E-state index is -4.33. The monoisotopic (exact) mass is 297 g/mol. The lowest BCUT2D eigenvalue weighted by Gasteiger charge is -2.08. The van der Waals surface area contributed by atoms with E-state index >= 15 is 0 Å². The SMILES string of the molecule is Cn1cc(C(=O)NCCc2ccc(C(F)(F)F)cc2)cn1. The molecule has 1 heterocycles. The highest BCUT2D eigenvalue weighted by Gasteiger charge is 2.29. The van der Waals surface area contributed by atoms with Crippen molar-refractivity contribution < 1.29 is 18.0 Å². The number of aromatic nitrogens is 2. The first kappa shape index (κ1) is 15.1. The molecule has 1 aromatic heterocycles. The fourth-order valence-electron chi connectivity index (χ4n) is 1.82. The van der Waals surface area contributed by atoms with Crippen LogP contribution < -0.4 is 5.32 Å². The lowest BCUT2D eigenvalue weighted by molar-refractivity contribution is -0.137. The van der Waals surface area contributed by atoms with Gasteiger partial charge in [-0.05, 0) is 24.1 Å². The highest BCUT2D eigenvalue weighted by atomic mass is 19.4. The number of alkyl halides is 3. The molecule has 0 radical (unpaired) electrons. The molecule has 0 atom stereocenters. The summed E-state index contributed by atoms with van der Waals surface area (Å²) < 4.78 is 38.7. The third-order valence-electron chi connectivity index (χ3n) is 2.95. The van der Waals surface area contributed by atoms with Gasteiger partial charge in [0.05, 0.1) is 17.3 Å². The van der Waals surface area contributed by atoms with Crippen LogP contribution >= 0.6 is 0 Å². The molecule has 0 aliphatic heterocycles. The van der Waals surface area contributed by atoms with Gasteiger partial charge >= 0.3 is 6.18 Å². The summed E-state index contributed by atoms with van der Waals surface area (Å²) in [5, 5.41) is 6.58. The Hall–Kier alpha value is -2.31. The van der Waals surface area contributed by atoms with Gasteiger partial charge < -0.3 is 5.32 Å². The van der Waals surface area contributed by atoms with E-state index in [0.717, 1.165) is 17.7 Å². The summed E-state index contributed by atoms with van der Waals surface area (Å²) in [5.74, 6) is -0.255. The molecule has 4 nitrogen and oxygen atoms in total. The van der Waals surface area contributed by atoms with Crippen LogP contribution in [0.3, 0.4) is 0 Å². The Labute approximate surface area is 119 Å². The second kappa shape index (κ2) is 5.99. The Morgan fingerprint density at radius 3 is 2.48 bits per heavy atom. The molecule has 0 aliphatic rings. The van der Waals surface area contributed by atoms with E-state index in [1.165, 1.54) is 23.0 Å². The smallest absolute Gasteiger partial charge is 0.352 e. The number of nitrogens with zero attached hydrogens (tertiary/aromatic N) is 2. The normalized spacial score (nSPS) is 11.4. The molecule has 112 valence electrons. The van der Waals surface area contributed by atoms with Crippen molar-refractivity contribution in [3.63, 3.8) is 0 Å². The third-order valence-corrected chi connectivity index (χ3v) is 2.95. The summed E-state index contributed by atoms with van der Waals surface area (Å²) >= 11 is 0. The third kappa shape index (κ3) is 4.08. The highest BCUT2D eigenvalue weighted by Crippen LogP contribution is 2.29. The summed E-state index contributed by atoms with van der Waals surface area (Å²) in [5.41, 5.74) is 0.505. The molecule has 2 rings (SSSR count). The molecule has 7 heteroatoms. The lowest BCUT2D eigenvalue weighted by atomic mass is 10.1. The first-order chi connectivity index (χ1) is 9.86. The number of benzene rings is 1. The van der Waals surface area contributed by atoms with Crippen LogP contribution in [0.4, 0.5) is 13.2 Å². The van der Waals surface area contributed by atoms with E-state index in [4.69, 9.17) is 0 Å². The highest BCUT2D eigenvalue weighted by molar-refractivity contribution is 5.93. The first-order valence-electron chi connectivity index (χ1n) is 6.29. The van der Waals surface area contributed by atoms with Crippen LogP contribution in [0.15, 0.2) is 36.7 Å². The number of rotatable bonds is 4. The molecule has 0 aliphatic carbocycles. The molecule has 0 bridgehead atoms. The minimum absolute atomic E-state index is 0.255. The Morgan fingerprint density at radius 1 is 1.29 bits per heavy atom. The van der Waals surface area contributed by atoms with Crippen molar-refractivity contribution in [1.29, 1.82) is 0 Å². The number of hydrogen-bond donors (Lipinski definition) is 1.